The standard InChI is InChI=1S/C12H13NO3S/c1-2-16-12(15)5-10-9(6-13)3-8(7-14)4-11(10)17/h3-4,14,17H,2,5,7H2,1H3. The number of carbonyl (C=O) groups excluding carboxylic acids is 1. The van der Waals surface area contributed by atoms with Crippen molar-refractivity contribution in [3.05, 3.63) is 28.8 Å². The smallest absolute Gasteiger partial charge is 0.310 e. The summed E-state index contributed by atoms with van der Waals surface area (Å²) in [5, 5.41) is 18.0. The van der Waals surface area contributed by atoms with Gasteiger partial charge in [-0.15, -0.1) is 12.6 Å². The normalized spacial score (nSPS) is 9.76. The fourth-order valence-corrected chi connectivity index (χ4v) is 1.81. The largest absolute Gasteiger partial charge is 0.466 e. The third-order valence-corrected chi connectivity index (χ3v) is 2.61. The SMILES string of the molecule is CCOC(=O)Cc1c(S)cc(CO)cc1C#N. The zero-order valence-electron chi connectivity index (χ0n) is 9.43. The minimum Gasteiger partial charge on any atom is -0.466 e. The summed E-state index contributed by atoms with van der Waals surface area (Å²) < 4.78 is 4.83. The summed E-state index contributed by atoms with van der Waals surface area (Å²) in [6.45, 7) is 1.86. The maximum absolute atomic E-state index is 11.4. The van der Waals surface area contributed by atoms with Gasteiger partial charge >= 0.3 is 5.97 Å². The molecule has 17 heavy (non-hydrogen) atoms. The number of ether oxygens (including phenoxy) is 1. The van der Waals surface area contributed by atoms with Crippen molar-refractivity contribution in [3.63, 3.8) is 0 Å². The Balaban J connectivity index is 3.07. The Morgan fingerprint density at radius 2 is 2.29 bits per heavy atom. The van der Waals surface area contributed by atoms with Crippen LogP contribution in [0, 0.1) is 11.3 Å². The van der Waals surface area contributed by atoms with Gasteiger partial charge in [0.15, 0.2) is 0 Å². The molecular formula is C12H13NO3S. The summed E-state index contributed by atoms with van der Waals surface area (Å²) in [4.78, 5) is 11.9. The van der Waals surface area contributed by atoms with Gasteiger partial charge in [0.1, 0.15) is 0 Å². The van der Waals surface area contributed by atoms with E-state index in [1.54, 1.807) is 19.1 Å². The van der Waals surface area contributed by atoms with Gasteiger partial charge in [-0.3, -0.25) is 4.79 Å². The fraction of sp³-hybridized carbons (Fsp3) is 0.333. The molecule has 1 aromatic rings. The van der Waals surface area contributed by atoms with Gasteiger partial charge in [0.05, 0.1) is 31.3 Å². The van der Waals surface area contributed by atoms with Crippen molar-refractivity contribution in [3.8, 4) is 6.07 Å². The first-order valence-electron chi connectivity index (χ1n) is 5.13. The number of aliphatic hydroxyl groups excluding tert-OH is 1. The highest BCUT2D eigenvalue weighted by atomic mass is 32.1. The van der Waals surface area contributed by atoms with Crippen molar-refractivity contribution < 1.29 is 14.6 Å². The second-order valence-electron chi connectivity index (χ2n) is 3.39. The first kappa shape index (κ1) is 13.6. The van der Waals surface area contributed by atoms with Gasteiger partial charge in [-0.2, -0.15) is 5.26 Å². The molecule has 0 heterocycles. The van der Waals surface area contributed by atoms with Crippen LogP contribution in [0.5, 0.6) is 0 Å². The van der Waals surface area contributed by atoms with Crippen LogP contribution >= 0.6 is 12.6 Å². The summed E-state index contributed by atoms with van der Waals surface area (Å²) in [6.07, 6.45) is 0.0152. The molecule has 0 aliphatic heterocycles. The van der Waals surface area contributed by atoms with Crippen LogP contribution in [0.3, 0.4) is 0 Å². The highest BCUT2D eigenvalue weighted by molar-refractivity contribution is 7.80. The molecule has 4 nitrogen and oxygen atoms in total. The van der Waals surface area contributed by atoms with Gasteiger partial charge in [-0.1, -0.05) is 0 Å². The Hall–Kier alpha value is -1.51. The monoisotopic (exact) mass is 251 g/mol. The van der Waals surface area contributed by atoms with E-state index in [1.807, 2.05) is 6.07 Å². The van der Waals surface area contributed by atoms with Gasteiger partial charge in [0.2, 0.25) is 0 Å². The number of aliphatic hydroxyl groups is 1. The third kappa shape index (κ3) is 3.48. The molecule has 0 unspecified atom stereocenters. The van der Waals surface area contributed by atoms with E-state index in [0.717, 1.165) is 0 Å². The van der Waals surface area contributed by atoms with Gasteiger partial charge in [-0.05, 0) is 30.2 Å². The van der Waals surface area contributed by atoms with Crippen molar-refractivity contribution in [2.24, 2.45) is 0 Å². The molecule has 0 aliphatic carbocycles. The number of rotatable bonds is 4. The molecule has 1 rings (SSSR count). The Morgan fingerprint density at radius 3 is 2.82 bits per heavy atom. The lowest BCUT2D eigenvalue weighted by Crippen LogP contribution is -2.09. The van der Waals surface area contributed by atoms with E-state index in [9.17, 15) is 4.79 Å². The van der Waals surface area contributed by atoms with Crippen molar-refractivity contribution in [2.75, 3.05) is 6.61 Å². The molecule has 0 amide bonds. The Bertz CT molecular complexity index is 466. The van der Waals surface area contributed by atoms with E-state index in [4.69, 9.17) is 15.1 Å². The number of nitriles is 1. The second kappa shape index (κ2) is 6.28. The summed E-state index contributed by atoms with van der Waals surface area (Å²) in [5.74, 6) is -0.393. The lowest BCUT2D eigenvalue weighted by Gasteiger charge is -2.09. The number of thiol groups is 1. The van der Waals surface area contributed by atoms with Crippen LogP contribution in [0.2, 0.25) is 0 Å². The first-order valence-corrected chi connectivity index (χ1v) is 5.58. The maximum atomic E-state index is 11.4. The lowest BCUT2D eigenvalue weighted by molar-refractivity contribution is -0.142. The van der Waals surface area contributed by atoms with E-state index in [-0.39, 0.29) is 13.0 Å². The van der Waals surface area contributed by atoms with Crippen LogP contribution in [-0.2, 0) is 22.6 Å². The van der Waals surface area contributed by atoms with Crippen LogP contribution in [-0.4, -0.2) is 17.7 Å². The van der Waals surface area contributed by atoms with Crippen molar-refractivity contribution in [1.29, 1.82) is 5.26 Å². The van der Waals surface area contributed by atoms with E-state index < -0.39 is 5.97 Å². The van der Waals surface area contributed by atoms with Crippen LogP contribution in [0.4, 0.5) is 0 Å². The summed E-state index contributed by atoms with van der Waals surface area (Å²) >= 11 is 4.22. The fourth-order valence-electron chi connectivity index (χ4n) is 1.45. The number of hydrogen-bond donors (Lipinski definition) is 2. The molecule has 90 valence electrons. The Labute approximate surface area is 105 Å². The molecule has 0 saturated carbocycles. The Morgan fingerprint density at radius 1 is 1.59 bits per heavy atom. The van der Waals surface area contributed by atoms with Gasteiger partial charge in [0.25, 0.3) is 0 Å². The average Bonchev–Trinajstić information content (AvgIpc) is 2.31. The highest BCUT2D eigenvalue weighted by Gasteiger charge is 2.13. The summed E-state index contributed by atoms with van der Waals surface area (Å²) in [5.41, 5.74) is 1.47. The molecule has 0 bridgehead atoms. The van der Waals surface area contributed by atoms with Gasteiger partial charge < -0.3 is 9.84 Å². The molecule has 0 fully saturated rings. The van der Waals surface area contributed by atoms with Crippen molar-refractivity contribution in [1.82, 2.24) is 0 Å². The van der Waals surface area contributed by atoms with Crippen LogP contribution in [0.25, 0.3) is 0 Å². The zero-order valence-corrected chi connectivity index (χ0v) is 10.3. The van der Waals surface area contributed by atoms with E-state index in [2.05, 4.69) is 12.6 Å². The molecule has 0 aliphatic rings. The second-order valence-corrected chi connectivity index (χ2v) is 3.87. The highest BCUT2D eigenvalue weighted by Crippen LogP contribution is 2.22. The van der Waals surface area contributed by atoms with E-state index in [1.165, 1.54) is 0 Å². The van der Waals surface area contributed by atoms with Gasteiger partial charge in [-0.25, -0.2) is 0 Å². The topological polar surface area (TPSA) is 70.3 Å². The van der Waals surface area contributed by atoms with E-state index >= 15 is 0 Å². The molecule has 1 N–H and O–H groups in total. The lowest BCUT2D eigenvalue weighted by atomic mass is 10.0. The molecule has 5 heteroatoms. The minimum atomic E-state index is -0.393. The number of nitrogens with zero attached hydrogens (tertiary/aromatic N) is 1. The molecule has 0 atom stereocenters. The van der Waals surface area contributed by atoms with Crippen LogP contribution in [0.1, 0.15) is 23.6 Å². The maximum Gasteiger partial charge on any atom is 0.310 e. The molecule has 0 radical (unpaired) electrons. The summed E-state index contributed by atoms with van der Waals surface area (Å²) in [7, 11) is 0. The van der Waals surface area contributed by atoms with Crippen molar-refractivity contribution in [2.45, 2.75) is 24.8 Å². The quantitative estimate of drug-likeness (QED) is 0.627. The number of carbonyl (C=O) groups is 1. The molecule has 0 aromatic heterocycles. The van der Waals surface area contributed by atoms with Crippen LogP contribution in [0.15, 0.2) is 17.0 Å². The van der Waals surface area contributed by atoms with Gasteiger partial charge in [0, 0.05) is 4.90 Å². The zero-order chi connectivity index (χ0) is 12.8. The Kier molecular flexibility index (Phi) is 5.01. The number of benzene rings is 1. The number of esters is 1. The number of hydrogen-bond acceptors (Lipinski definition) is 5. The average molecular weight is 251 g/mol. The van der Waals surface area contributed by atoms with Crippen molar-refractivity contribution >= 4 is 18.6 Å². The molecule has 0 saturated heterocycles. The molecular weight excluding hydrogens is 238 g/mol. The predicted octanol–water partition coefficient (Wildman–Crippen LogP) is 1.44. The van der Waals surface area contributed by atoms with Crippen LogP contribution < -0.4 is 0 Å². The predicted molar refractivity (Wildman–Crippen MR) is 64.7 cm³/mol. The first-order chi connectivity index (χ1) is 8.12. The summed E-state index contributed by atoms with van der Waals surface area (Å²) in [6, 6.07) is 5.18. The minimum absolute atomic E-state index is 0.0152. The van der Waals surface area contributed by atoms with E-state index in [0.29, 0.717) is 28.2 Å². The third-order valence-electron chi connectivity index (χ3n) is 2.22. The molecule has 1 aromatic carbocycles. The molecule has 0 spiro atoms.